The van der Waals surface area contributed by atoms with Crippen LogP contribution < -0.4 is 10.1 Å². The van der Waals surface area contributed by atoms with E-state index in [1.54, 1.807) is 12.1 Å². The number of para-hydroxylation sites is 2. The first-order valence-electron chi connectivity index (χ1n) is 4.93. The van der Waals surface area contributed by atoms with Crippen molar-refractivity contribution in [2.75, 3.05) is 5.32 Å². The third-order valence-electron chi connectivity index (χ3n) is 1.98. The fourth-order valence-electron chi connectivity index (χ4n) is 1.27. The van der Waals surface area contributed by atoms with E-state index in [1.807, 2.05) is 0 Å². The number of hydrogen-bond donors (Lipinski definition) is 1. The molecule has 1 aromatic carbocycles. The van der Waals surface area contributed by atoms with Crippen LogP contribution in [0.1, 0.15) is 0 Å². The van der Waals surface area contributed by atoms with Crippen LogP contribution in [0, 0.1) is 0 Å². The van der Waals surface area contributed by atoms with Crippen molar-refractivity contribution in [2.45, 2.75) is 6.61 Å². The van der Waals surface area contributed by atoms with Gasteiger partial charge in [-0.3, -0.25) is 0 Å². The van der Waals surface area contributed by atoms with Gasteiger partial charge in [0.25, 0.3) is 0 Å². The van der Waals surface area contributed by atoms with Gasteiger partial charge >= 0.3 is 6.61 Å². The van der Waals surface area contributed by atoms with Gasteiger partial charge in [-0.15, -0.1) is 10.2 Å². The van der Waals surface area contributed by atoms with E-state index in [4.69, 9.17) is 23.2 Å². The molecule has 0 saturated carbocycles. The Hall–Kier alpha value is -1.73. The smallest absolute Gasteiger partial charge is 0.387 e. The van der Waals surface area contributed by atoms with E-state index in [9.17, 15) is 8.78 Å². The monoisotopic (exact) mass is 306 g/mol. The summed E-state index contributed by atoms with van der Waals surface area (Å²) in [5.41, 5.74) is 0.251. The fraction of sp³-hybridized carbons (Fsp3) is 0.100. The highest BCUT2D eigenvalue weighted by atomic mass is 35.5. The zero-order chi connectivity index (χ0) is 13.8. The van der Waals surface area contributed by atoms with Gasteiger partial charge in [-0.1, -0.05) is 23.7 Å². The molecule has 2 aromatic rings. The van der Waals surface area contributed by atoms with E-state index >= 15 is 0 Å². The largest absolute Gasteiger partial charge is 0.433 e. The van der Waals surface area contributed by atoms with Crippen LogP contribution in [0.3, 0.4) is 0 Å². The summed E-state index contributed by atoms with van der Waals surface area (Å²) >= 11 is 11.3. The third kappa shape index (κ3) is 3.62. The molecule has 0 bridgehead atoms. The molecule has 5 nitrogen and oxygen atoms in total. The van der Waals surface area contributed by atoms with Crippen LogP contribution in [0.15, 0.2) is 24.3 Å². The van der Waals surface area contributed by atoms with E-state index < -0.39 is 6.61 Å². The number of benzene rings is 1. The molecular weight excluding hydrogens is 301 g/mol. The van der Waals surface area contributed by atoms with Gasteiger partial charge in [0.2, 0.25) is 5.28 Å². The second-order valence-electron chi connectivity index (χ2n) is 3.22. The molecular formula is C10H6Cl2F2N4O. The Bertz CT molecular complexity index is 585. The number of anilines is 2. The molecule has 0 saturated heterocycles. The molecule has 19 heavy (non-hydrogen) atoms. The summed E-state index contributed by atoms with van der Waals surface area (Å²) in [6.45, 7) is -2.94. The standard InChI is InChI=1S/C10H6Cl2F2N4O/c11-7-8(16-9(12)18-17-7)15-5-3-1-2-4-6(5)19-10(13)14/h1-4,10H,(H,15,16,18). The van der Waals surface area contributed by atoms with Crippen molar-refractivity contribution >= 4 is 34.7 Å². The van der Waals surface area contributed by atoms with E-state index in [0.29, 0.717) is 0 Å². The normalized spacial score (nSPS) is 10.6. The van der Waals surface area contributed by atoms with E-state index in [1.165, 1.54) is 12.1 Å². The molecule has 0 aliphatic heterocycles. The molecule has 9 heteroatoms. The molecule has 1 heterocycles. The molecule has 0 amide bonds. The van der Waals surface area contributed by atoms with Gasteiger partial charge in [0.05, 0.1) is 5.69 Å². The van der Waals surface area contributed by atoms with Gasteiger partial charge in [-0.05, 0) is 23.7 Å². The summed E-state index contributed by atoms with van der Waals surface area (Å²) < 4.78 is 28.8. The summed E-state index contributed by atoms with van der Waals surface area (Å²) in [7, 11) is 0. The maximum atomic E-state index is 12.2. The summed E-state index contributed by atoms with van der Waals surface area (Å²) in [5, 5.41) is 9.50. The SMILES string of the molecule is FC(F)Oc1ccccc1Nc1nc(Cl)nnc1Cl. The van der Waals surface area contributed by atoms with Gasteiger partial charge in [-0.25, -0.2) is 0 Å². The number of ether oxygens (including phenoxy) is 1. The Balaban J connectivity index is 2.30. The maximum Gasteiger partial charge on any atom is 0.387 e. The highest BCUT2D eigenvalue weighted by molar-refractivity contribution is 6.32. The fourth-order valence-corrected chi connectivity index (χ4v) is 1.52. The first-order chi connectivity index (χ1) is 9.06. The third-order valence-corrected chi connectivity index (χ3v) is 2.39. The number of nitrogens with one attached hydrogen (secondary N) is 1. The minimum Gasteiger partial charge on any atom is -0.433 e. The number of nitrogens with zero attached hydrogens (tertiary/aromatic N) is 3. The highest BCUT2D eigenvalue weighted by Crippen LogP contribution is 2.30. The van der Waals surface area contributed by atoms with Crippen LogP contribution in [0.5, 0.6) is 5.75 Å². The molecule has 1 aromatic heterocycles. The minimum atomic E-state index is -2.94. The Kier molecular flexibility index (Phi) is 4.28. The lowest BCUT2D eigenvalue weighted by molar-refractivity contribution is -0.0493. The summed E-state index contributed by atoms with van der Waals surface area (Å²) in [6.07, 6.45) is 0. The van der Waals surface area contributed by atoms with E-state index in [-0.39, 0.29) is 27.7 Å². The minimum absolute atomic E-state index is 0.0451. The number of hydrogen-bond acceptors (Lipinski definition) is 5. The molecule has 0 fully saturated rings. The Labute approximate surface area is 116 Å². The molecule has 0 atom stereocenters. The van der Waals surface area contributed by atoms with Crippen LogP contribution >= 0.6 is 23.2 Å². The second-order valence-corrected chi connectivity index (χ2v) is 3.92. The van der Waals surface area contributed by atoms with Crippen molar-refractivity contribution in [1.82, 2.24) is 15.2 Å². The van der Waals surface area contributed by atoms with Crippen molar-refractivity contribution < 1.29 is 13.5 Å². The molecule has 0 spiro atoms. The average Bonchev–Trinajstić information content (AvgIpc) is 2.35. The van der Waals surface area contributed by atoms with Crippen molar-refractivity contribution in [3.05, 3.63) is 34.7 Å². The van der Waals surface area contributed by atoms with E-state index in [2.05, 4.69) is 25.2 Å². The van der Waals surface area contributed by atoms with Crippen molar-refractivity contribution in [3.63, 3.8) is 0 Å². The Morgan fingerprint density at radius 3 is 2.63 bits per heavy atom. The predicted molar refractivity (Wildman–Crippen MR) is 66.2 cm³/mol. The van der Waals surface area contributed by atoms with Crippen molar-refractivity contribution in [2.24, 2.45) is 0 Å². The lowest BCUT2D eigenvalue weighted by Crippen LogP contribution is -2.05. The molecule has 0 aliphatic carbocycles. The lowest BCUT2D eigenvalue weighted by atomic mass is 10.3. The zero-order valence-corrected chi connectivity index (χ0v) is 10.7. The molecule has 0 unspecified atom stereocenters. The molecule has 1 N–H and O–H groups in total. The van der Waals surface area contributed by atoms with Crippen LogP contribution in [0.25, 0.3) is 0 Å². The van der Waals surface area contributed by atoms with Gasteiger partial charge < -0.3 is 10.1 Å². The predicted octanol–water partition coefficient (Wildman–Crippen LogP) is 3.52. The van der Waals surface area contributed by atoms with E-state index in [0.717, 1.165) is 0 Å². The zero-order valence-electron chi connectivity index (χ0n) is 9.15. The highest BCUT2D eigenvalue weighted by Gasteiger charge is 2.12. The molecule has 0 aliphatic rings. The van der Waals surface area contributed by atoms with Crippen molar-refractivity contribution in [1.29, 1.82) is 0 Å². The van der Waals surface area contributed by atoms with Gasteiger partial charge in [0.1, 0.15) is 5.75 Å². The first kappa shape index (κ1) is 13.7. The quantitative estimate of drug-likeness (QED) is 0.936. The summed E-state index contributed by atoms with van der Waals surface area (Å²) in [6, 6.07) is 6.07. The van der Waals surface area contributed by atoms with Gasteiger partial charge in [0, 0.05) is 0 Å². The van der Waals surface area contributed by atoms with Crippen LogP contribution in [0.4, 0.5) is 20.3 Å². The summed E-state index contributed by atoms with van der Waals surface area (Å²) in [4.78, 5) is 3.79. The van der Waals surface area contributed by atoms with Gasteiger partial charge in [-0.2, -0.15) is 13.8 Å². The van der Waals surface area contributed by atoms with Crippen LogP contribution in [-0.2, 0) is 0 Å². The van der Waals surface area contributed by atoms with Crippen molar-refractivity contribution in [3.8, 4) is 5.75 Å². The Morgan fingerprint density at radius 2 is 1.89 bits per heavy atom. The van der Waals surface area contributed by atoms with Crippen LogP contribution in [0.2, 0.25) is 10.4 Å². The molecule has 2 rings (SSSR count). The number of rotatable bonds is 4. The second kappa shape index (κ2) is 5.94. The van der Waals surface area contributed by atoms with Crippen LogP contribution in [-0.4, -0.2) is 21.8 Å². The number of halogens is 4. The molecule has 100 valence electrons. The lowest BCUT2D eigenvalue weighted by Gasteiger charge is -2.12. The first-order valence-corrected chi connectivity index (χ1v) is 5.68. The maximum absolute atomic E-state index is 12.2. The van der Waals surface area contributed by atoms with Gasteiger partial charge in [0.15, 0.2) is 11.0 Å². The molecule has 0 radical (unpaired) electrons. The Morgan fingerprint density at radius 1 is 1.16 bits per heavy atom. The number of aromatic nitrogens is 3. The topological polar surface area (TPSA) is 59.9 Å². The number of alkyl halides is 2. The summed E-state index contributed by atoms with van der Waals surface area (Å²) in [5.74, 6) is 0.0373. The average molecular weight is 307 g/mol.